The number of aromatic nitrogens is 3. The minimum Gasteiger partial charge on any atom is -0.324 e. The number of alkyl halides is 3. The number of pyridine rings is 1. The highest BCUT2D eigenvalue weighted by molar-refractivity contribution is 5.90. The number of aliphatic imine (C=N–C) groups is 1. The quantitative estimate of drug-likeness (QED) is 0.537. The first-order valence-electron chi connectivity index (χ1n) is 10.1. The Morgan fingerprint density at radius 2 is 1.84 bits per heavy atom. The van der Waals surface area contributed by atoms with E-state index in [4.69, 9.17) is 4.99 Å². The van der Waals surface area contributed by atoms with Crippen LogP contribution in [0.25, 0.3) is 22.4 Å². The second-order valence-electron chi connectivity index (χ2n) is 7.63. The number of allylic oxidation sites excluding steroid dienone is 1. The van der Waals surface area contributed by atoms with Crippen LogP contribution in [0.4, 0.5) is 19.0 Å². The molecule has 1 aromatic carbocycles. The molecule has 31 heavy (non-hydrogen) atoms. The van der Waals surface area contributed by atoms with E-state index in [2.05, 4.69) is 27.2 Å². The summed E-state index contributed by atoms with van der Waals surface area (Å²) < 4.78 is 40.7. The van der Waals surface area contributed by atoms with Crippen molar-refractivity contribution < 1.29 is 13.2 Å². The normalized spacial score (nSPS) is 17.1. The number of hydrogen-bond acceptors (Lipinski definition) is 5. The van der Waals surface area contributed by atoms with Crippen LogP contribution in [0, 0.1) is 5.92 Å². The molecule has 4 rings (SSSR count). The molecule has 1 unspecified atom stereocenters. The van der Waals surface area contributed by atoms with Gasteiger partial charge in [-0.05, 0) is 50.5 Å². The smallest absolute Gasteiger partial charge is 0.324 e. The summed E-state index contributed by atoms with van der Waals surface area (Å²) in [4.78, 5) is 17.7. The van der Waals surface area contributed by atoms with Crippen molar-refractivity contribution in [1.29, 1.82) is 0 Å². The lowest BCUT2D eigenvalue weighted by atomic mass is 9.91. The van der Waals surface area contributed by atoms with Gasteiger partial charge in [-0.1, -0.05) is 25.1 Å². The maximum absolute atomic E-state index is 13.6. The van der Waals surface area contributed by atoms with Crippen molar-refractivity contribution in [2.45, 2.75) is 39.8 Å². The van der Waals surface area contributed by atoms with Crippen molar-refractivity contribution in [1.82, 2.24) is 15.0 Å². The number of fused-ring (bicyclic) bond motifs is 1. The maximum atomic E-state index is 13.6. The van der Waals surface area contributed by atoms with Crippen LogP contribution in [-0.4, -0.2) is 20.7 Å². The van der Waals surface area contributed by atoms with Crippen molar-refractivity contribution in [3.63, 3.8) is 0 Å². The van der Waals surface area contributed by atoms with Gasteiger partial charge in [-0.2, -0.15) is 13.2 Å². The molecule has 160 valence electrons. The summed E-state index contributed by atoms with van der Waals surface area (Å²) in [5.41, 5.74) is 1.53. The van der Waals surface area contributed by atoms with E-state index in [0.29, 0.717) is 28.6 Å². The SMILES string of the molecule is CCC1CC(C)=C(Nc2nc(-c3ccccc3C(F)(F)F)nc3ncccc23)N=C1C. The van der Waals surface area contributed by atoms with Crippen LogP contribution in [0.15, 0.2) is 59.0 Å². The second-order valence-corrected chi connectivity index (χ2v) is 7.63. The Morgan fingerprint density at radius 1 is 1.06 bits per heavy atom. The van der Waals surface area contributed by atoms with Gasteiger partial charge in [0.2, 0.25) is 0 Å². The molecule has 1 aliphatic heterocycles. The van der Waals surface area contributed by atoms with Crippen molar-refractivity contribution in [3.05, 3.63) is 59.6 Å². The van der Waals surface area contributed by atoms with Gasteiger partial charge in [0.1, 0.15) is 11.6 Å². The molecule has 3 aromatic rings. The minimum atomic E-state index is -4.52. The van der Waals surface area contributed by atoms with Crippen molar-refractivity contribution in [2.24, 2.45) is 10.9 Å². The number of hydrogen-bond donors (Lipinski definition) is 1. The van der Waals surface area contributed by atoms with Gasteiger partial charge in [-0.25, -0.2) is 19.9 Å². The zero-order valence-corrected chi connectivity index (χ0v) is 17.5. The molecule has 0 aliphatic carbocycles. The fourth-order valence-corrected chi connectivity index (χ4v) is 3.77. The number of halogens is 3. The van der Waals surface area contributed by atoms with E-state index in [-0.39, 0.29) is 11.4 Å². The lowest BCUT2D eigenvalue weighted by Gasteiger charge is -2.23. The van der Waals surface area contributed by atoms with E-state index < -0.39 is 11.7 Å². The fourth-order valence-electron chi connectivity index (χ4n) is 3.77. The highest BCUT2D eigenvalue weighted by Gasteiger charge is 2.34. The molecule has 0 radical (unpaired) electrons. The van der Waals surface area contributed by atoms with E-state index in [9.17, 15) is 13.2 Å². The Labute approximate surface area is 178 Å². The van der Waals surface area contributed by atoms with Gasteiger partial charge in [0.05, 0.1) is 10.9 Å². The summed E-state index contributed by atoms with van der Waals surface area (Å²) in [5, 5.41) is 3.85. The molecule has 0 spiro atoms. The lowest BCUT2D eigenvalue weighted by Crippen LogP contribution is -2.19. The number of anilines is 1. The molecule has 8 heteroatoms. The van der Waals surface area contributed by atoms with Gasteiger partial charge in [0.25, 0.3) is 0 Å². The van der Waals surface area contributed by atoms with Crippen LogP contribution in [0.1, 0.15) is 39.2 Å². The van der Waals surface area contributed by atoms with E-state index in [0.717, 1.165) is 30.2 Å². The van der Waals surface area contributed by atoms with E-state index in [1.54, 1.807) is 18.3 Å². The molecule has 0 bridgehead atoms. The summed E-state index contributed by atoms with van der Waals surface area (Å²) in [5.74, 6) is 1.40. The van der Waals surface area contributed by atoms with Gasteiger partial charge < -0.3 is 5.32 Å². The molecule has 0 saturated carbocycles. The third kappa shape index (κ3) is 4.15. The minimum absolute atomic E-state index is 0.0391. The average Bonchev–Trinajstić information content (AvgIpc) is 2.75. The Morgan fingerprint density at radius 3 is 2.58 bits per heavy atom. The van der Waals surface area contributed by atoms with Crippen LogP contribution >= 0.6 is 0 Å². The molecule has 2 aromatic heterocycles. The highest BCUT2D eigenvalue weighted by Crippen LogP contribution is 2.37. The monoisotopic (exact) mass is 425 g/mol. The summed E-state index contributed by atoms with van der Waals surface area (Å²) in [7, 11) is 0. The van der Waals surface area contributed by atoms with Gasteiger partial charge in [0.15, 0.2) is 11.5 Å². The summed E-state index contributed by atoms with van der Waals surface area (Å²) >= 11 is 0. The first kappa shape index (κ1) is 21.0. The zero-order valence-electron chi connectivity index (χ0n) is 17.5. The molecular formula is C23H22F3N5. The van der Waals surface area contributed by atoms with Crippen LogP contribution < -0.4 is 5.32 Å². The van der Waals surface area contributed by atoms with E-state index in [1.807, 2.05) is 13.8 Å². The van der Waals surface area contributed by atoms with E-state index >= 15 is 0 Å². The summed E-state index contributed by atoms with van der Waals surface area (Å²) in [6, 6.07) is 8.81. The fraction of sp³-hybridized carbons (Fsp3) is 0.304. The summed E-state index contributed by atoms with van der Waals surface area (Å²) in [6.07, 6.45) is -1.10. The third-order valence-electron chi connectivity index (χ3n) is 5.51. The molecule has 3 heterocycles. The van der Waals surface area contributed by atoms with Crippen molar-refractivity contribution in [2.75, 3.05) is 5.32 Å². The first-order chi connectivity index (χ1) is 14.8. The largest absolute Gasteiger partial charge is 0.417 e. The van der Waals surface area contributed by atoms with Gasteiger partial charge >= 0.3 is 6.18 Å². The average molecular weight is 425 g/mol. The van der Waals surface area contributed by atoms with Gasteiger partial charge in [0, 0.05) is 23.4 Å². The molecule has 1 aliphatic rings. The Hall–Kier alpha value is -3.29. The third-order valence-corrected chi connectivity index (χ3v) is 5.51. The topological polar surface area (TPSA) is 63.1 Å². The highest BCUT2D eigenvalue weighted by atomic mass is 19.4. The van der Waals surface area contributed by atoms with Gasteiger partial charge in [-0.3, -0.25) is 0 Å². The maximum Gasteiger partial charge on any atom is 0.417 e. The molecule has 5 nitrogen and oxygen atoms in total. The van der Waals surface area contributed by atoms with E-state index in [1.165, 1.54) is 18.2 Å². The molecule has 0 amide bonds. The predicted molar refractivity (Wildman–Crippen MR) is 116 cm³/mol. The van der Waals surface area contributed by atoms with Gasteiger partial charge in [-0.15, -0.1) is 0 Å². The predicted octanol–water partition coefficient (Wildman–Crippen LogP) is 6.24. The number of nitrogens with zero attached hydrogens (tertiary/aromatic N) is 4. The number of benzene rings is 1. The first-order valence-corrected chi connectivity index (χ1v) is 10.1. The molecular weight excluding hydrogens is 403 g/mol. The number of rotatable bonds is 4. The Bertz CT molecular complexity index is 1200. The Kier molecular flexibility index (Phi) is 5.47. The van der Waals surface area contributed by atoms with Crippen molar-refractivity contribution >= 4 is 22.6 Å². The zero-order chi connectivity index (χ0) is 22.2. The molecule has 0 fully saturated rings. The van der Waals surface area contributed by atoms with Crippen LogP contribution in [0.2, 0.25) is 0 Å². The summed E-state index contributed by atoms with van der Waals surface area (Å²) in [6.45, 7) is 6.12. The van der Waals surface area contributed by atoms with Crippen LogP contribution in [0.3, 0.4) is 0 Å². The van der Waals surface area contributed by atoms with Crippen LogP contribution in [-0.2, 0) is 6.18 Å². The molecule has 0 saturated heterocycles. The standard InChI is InChI=1S/C23H22F3N5/c1-4-15-12-13(2)19(28-14(15)3)29-22-17-9-7-11-27-20(17)30-21(31-22)16-8-5-6-10-18(16)23(24,25)26/h5-11,15H,4,12H2,1-3H3,(H,27,29,30,31). The second kappa shape index (κ2) is 8.09. The molecule has 1 atom stereocenters. The number of nitrogens with one attached hydrogen (secondary N) is 1. The lowest BCUT2D eigenvalue weighted by molar-refractivity contribution is -0.137. The van der Waals surface area contributed by atoms with Crippen molar-refractivity contribution in [3.8, 4) is 11.4 Å². The molecule has 1 N–H and O–H groups in total. The Balaban J connectivity index is 1.85. The van der Waals surface area contributed by atoms with Crippen LogP contribution in [0.5, 0.6) is 0 Å².